The Bertz CT molecular complexity index is 876. The molecule has 0 saturated heterocycles. The zero-order chi connectivity index (χ0) is 15.8. The number of carbonyl (C=O) groups is 2. The second-order valence-corrected chi connectivity index (χ2v) is 6.63. The Balaban J connectivity index is 1.49. The van der Waals surface area contributed by atoms with E-state index in [1.165, 1.54) is 17.3 Å². The molecule has 4 nitrogen and oxygen atoms in total. The van der Waals surface area contributed by atoms with Gasteiger partial charge in [-0.3, -0.25) is 9.59 Å². The van der Waals surface area contributed by atoms with Crippen LogP contribution in [-0.2, 0) is 16.0 Å². The van der Waals surface area contributed by atoms with Gasteiger partial charge in [0.05, 0.1) is 17.2 Å². The maximum Gasteiger partial charge on any atom is 0.166 e. The SMILES string of the molecule is O=C1CC(=O)/C(=C/c2ccc(SC3=Nc4ccccc4C3)o2)C1. The van der Waals surface area contributed by atoms with Gasteiger partial charge in [0.1, 0.15) is 11.5 Å². The molecule has 2 aromatic rings. The quantitative estimate of drug-likeness (QED) is 0.620. The van der Waals surface area contributed by atoms with Crippen LogP contribution in [0.4, 0.5) is 5.69 Å². The number of rotatable bonds is 2. The standard InChI is InChI=1S/C18H13NO3S/c20-13-7-12(16(21)10-13)8-14-5-6-18(22-14)23-17-9-11-3-1-2-4-15(11)19-17/h1-6,8H,7,9-10H2/b12-8+. The minimum Gasteiger partial charge on any atom is -0.450 e. The van der Waals surface area contributed by atoms with Crippen LogP contribution in [0.25, 0.3) is 6.08 Å². The number of para-hydroxylation sites is 1. The van der Waals surface area contributed by atoms with Gasteiger partial charge in [-0.05, 0) is 41.6 Å². The number of benzene rings is 1. The Kier molecular flexibility index (Phi) is 3.50. The third-order valence-corrected chi connectivity index (χ3v) is 4.71. The third-order valence-electron chi connectivity index (χ3n) is 3.82. The molecule has 0 amide bonds. The molecule has 0 radical (unpaired) electrons. The summed E-state index contributed by atoms with van der Waals surface area (Å²) in [6, 6.07) is 11.8. The molecule has 23 heavy (non-hydrogen) atoms. The Hall–Kier alpha value is -2.40. The number of thioether (sulfide) groups is 1. The summed E-state index contributed by atoms with van der Waals surface area (Å²) in [5.74, 6) is 0.471. The molecule has 4 rings (SSSR count). The normalized spacial score (nSPS) is 18.6. The van der Waals surface area contributed by atoms with Gasteiger partial charge in [0.15, 0.2) is 10.9 Å². The largest absolute Gasteiger partial charge is 0.450 e. The summed E-state index contributed by atoms with van der Waals surface area (Å²) in [6.07, 6.45) is 2.71. The second-order valence-electron chi connectivity index (χ2n) is 5.55. The van der Waals surface area contributed by atoms with Crippen LogP contribution in [0.1, 0.15) is 24.2 Å². The highest BCUT2D eigenvalue weighted by atomic mass is 32.2. The summed E-state index contributed by atoms with van der Waals surface area (Å²) in [7, 11) is 0. The first-order valence-electron chi connectivity index (χ1n) is 7.36. The maximum atomic E-state index is 11.6. The third kappa shape index (κ3) is 2.92. The number of nitrogens with zero attached hydrogens (tertiary/aromatic N) is 1. The zero-order valence-electron chi connectivity index (χ0n) is 12.2. The van der Waals surface area contributed by atoms with Gasteiger partial charge >= 0.3 is 0 Å². The van der Waals surface area contributed by atoms with Crippen LogP contribution >= 0.6 is 11.8 Å². The Morgan fingerprint density at radius 1 is 1.04 bits per heavy atom. The number of allylic oxidation sites excluding steroid dienone is 1. The summed E-state index contributed by atoms with van der Waals surface area (Å²) in [4.78, 5) is 27.5. The topological polar surface area (TPSA) is 59.6 Å². The van der Waals surface area contributed by atoms with E-state index in [-0.39, 0.29) is 24.4 Å². The van der Waals surface area contributed by atoms with Crippen LogP contribution in [0, 0.1) is 0 Å². The van der Waals surface area contributed by atoms with Crippen LogP contribution < -0.4 is 0 Å². The molecule has 1 aliphatic heterocycles. The molecule has 0 atom stereocenters. The van der Waals surface area contributed by atoms with Gasteiger partial charge in [-0.2, -0.15) is 0 Å². The number of Topliss-reactive ketones (excluding diaryl/α,β-unsaturated/α-hetero) is 2. The molecule has 0 N–H and O–H groups in total. The first-order chi connectivity index (χ1) is 11.2. The Labute approximate surface area is 137 Å². The van der Waals surface area contributed by atoms with E-state index in [9.17, 15) is 9.59 Å². The smallest absolute Gasteiger partial charge is 0.166 e. The maximum absolute atomic E-state index is 11.6. The minimum absolute atomic E-state index is 0.0171. The van der Waals surface area contributed by atoms with Gasteiger partial charge < -0.3 is 4.42 Å². The molecule has 2 aliphatic rings. The van der Waals surface area contributed by atoms with Crippen molar-refractivity contribution in [2.24, 2.45) is 4.99 Å². The predicted octanol–water partition coefficient (Wildman–Crippen LogP) is 3.97. The molecule has 1 aliphatic carbocycles. The highest BCUT2D eigenvalue weighted by molar-refractivity contribution is 8.13. The van der Waals surface area contributed by atoms with Gasteiger partial charge in [0.2, 0.25) is 0 Å². The van der Waals surface area contributed by atoms with Crippen molar-refractivity contribution in [3.05, 3.63) is 53.3 Å². The number of carbonyl (C=O) groups excluding carboxylic acids is 2. The van der Waals surface area contributed by atoms with Gasteiger partial charge in [0.25, 0.3) is 0 Å². The van der Waals surface area contributed by atoms with Crippen LogP contribution in [0.15, 0.2) is 56.5 Å². The Morgan fingerprint density at radius 2 is 1.91 bits per heavy atom. The molecule has 114 valence electrons. The predicted molar refractivity (Wildman–Crippen MR) is 89.0 cm³/mol. The molecule has 1 aromatic heterocycles. The summed E-state index contributed by atoms with van der Waals surface area (Å²) < 4.78 is 5.73. The van der Waals surface area contributed by atoms with Crippen molar-refractivity contribution in [2.75, 3.05) is 0 Å². The van der Waals surface area contributed by atoms with Crippen molar-refractivity contribution >= 4 is 40.1 Å². The lowest BCUT2D eigenvalue weighted by Crippen LogP contribution is -1.91. The van der Waals surface area contributed by atoms with E-state index in [0.29, 0.717) is 11.3 Å². The van der Waals surface area contributed by atoms with Gasteiger partial charge in [-0.25, -0.2) is 4.99 Å². The van der Waals surface area contributed by atoms with E-state index in [0.717, 1.165) is 22.2 Å². The highest BCUT2D eigenvalue weighted by Crippen LogP contribution is 2.34. The molecule has 5 heteroatoms. The molecule has 0 bridgehead atoms. The fraction of sp³-hybridized carbons (Fsp3) is 0.167. The number of fused-ring (bicyclic) bond motifs is 1. The lowest BCUT2D eigenvalue weighted by molar-refractivity contribution is -0.121. The monoisotopic (exact) mass is 323 g/mol. The fourth-order valence-electron chi connectivity index (χ4n) is 2.72. The number of furan rings is 1. The number of aliphatic imine (C=N–C) groups is 1. The molecule has 1 saturated carbocycles. The van der Waals surface area contributed by atoms with Gasteiger partial charge in [0, 0.05) is 18.4 Å². The van der Waals surface area contributed by atoms with Crippen LogP contribution in [0.3, 0.4) is 0 Å². The van der Waals surface area contributed by atoms with Crippen molar-refractivity contribution in [1.82, 2.24) is 0 Å². The molecule has 0 unspecified atom stereocenters. The van der Waals surface area contributed by atoms with E-state index in [2.05, 4.69) is 11.1 Å². The second kappa shape index (κ2) is 5.66. The summed E-state index contributed by atoms with van der Waals surface area (Å²) in [5, 5.41) is 1.73. The summed E-state index contributed by atoms with van der Waals surface area (Å²) >= 11 is 1.49. The molecule has 1 fully saturated rings. The van der Waals surface area contributed by atoms with Crippen molar-refractivity contribution in [2.45, 2.75) is 24.4 Å². The molecule has 1 aromatic carbocycles. The summed E-state index contributed by atoms with van der Waals surface area (Å²) in [5.41, 5.74) is 2.77. The lowest BCUT2D eigenvalue weighted by Gasteiger charge is -1.96. The number of hydrogen-bond donors (Lipinski definition) is 0. The number of ketones is 2. The van der Waals surface area contributed by atoms with Crippen molar-refractivity contribution in [3.63, 3.8) is 0 Å². The van der Waals surface area contributed by atoms with Crippen molar-refractivity contribution < 1.29 is 14.0 Å². The minimum atomic E-state index is -0.101. The Morgan fingerprint density at radius 3 is 2.70 bits per heavy atom. The lowest BCUT2D eigenvalue weighted by atomic mass is 10.2. The fourth-order valence-corrected chi connectivity index (χ4v) is 3.60. The summed E-state index contributed by atoms with van der Waals surface area (Å²) in [6.45, 7) is 0. The van der Waals surface area contributed by atoms with Crippen molar-refractivity contribution in [3.8, 4) is 0 Å². The van der Waals surface area contributed by atoms with E-state index in [4.69, 9.17) is 4.42 Å². The first-order valence-corrected chi connectivity index (χ1v) is 8.18. The van der Waals surface area contributed by atoms with E-state index in [1.54, 1.807) is 6.08 Å². The average Bonchev–Trinajstić information content (AvgIpc) is 3.19. The van der Waals surface area contributed by atoms with Crippen molar-refractivity contribution in [1.29, 1.82) is 0 Å². The molecular formula is C18H13NO3S. The first kappa shape index (κ1) is 14.2. The van der Waals surface area contributed by atoms with Crippen LogP contribution in [-0.4, -0.2) is 16.6 Å². The van der Waals surface area contributed by atoms with E-state index >= 15 is 0 Å². The van der Waals surface area contributed by atoms with Crippen LogP contribution in [0.5, 0.6) is 0 Å². The van der Waals surface area contributed by atoms with E-state index in [1.807, 2.05) is 30.3 Å². The number of hydrogen-bond acceptors (Lipinski definition) is 5. The zero-order valence-corrected chi connectivity index (χ0v) is 13.1. The van der Waals surface area contributed by atoms with E-state index < -0.39 is 0 Å². The van der Waals surface area contributed by atoms with Gasteiger partial charge in [-0.15, -0.1) is 0 Å². The molecular weight excluding hydrogens is 310 g/mol. The van der Waals surface area contributed by atoms with Gasteiger partial charge in [-0.1, -0.05) is 18.2 Å². The highest BCUT2D eigenvalue weighted by Gasteiger charge is 2.25. The molecule has 0 spiro atoms. The molecule has 2 heterocycles. The average molecular weight is 323 g/mol. The van der Waals surface area contributed by atoms with Crippen LogP contribution in [0.2, 0.25) is 0 Å².